The van der Waals surface area contributed by atoms with Gasteiger partial charge < -0.3 is 9.84 Å². The second-order valence-electron chi connectivity index (χ2n) is 5.61. The van der Waals surface area contributed by atoms with E-state index in [4.69, 9.17) is 4.52 Å². The fourth-order valence-electron chi connectivity index (χ4n) is 2.54. The summed E-state index contributed by atoms with van der Waals surface area (Å²) in [5, 5.41) is 7.16. The molecule has 0 spiro atoms. The minimum Gasteiger partial charge on any atom is -0.338 e. The Morgan fingerprint density at radius 1 is 1.30 bits per heavy atom. The SMILES string of the molecule is C[C@H]1CNCCN1Cc1nc(-c2ccc(C(F)(F)F)cc2)no1. The molecule has 0 radical (unpaired) electrons. The van der Waals surface area contributed by atoms with Crippen LogP contribution in [0.25, 0.3) is 11.4 Å². The van der Waals surface area contributed by atoms with Crippen LogP contribution in [-0.4, -0.2) is 40.7 Å². The van der Waals surface area contributed by atoms with Gasteiger partial charge in [0.1, 0.15) is 0 Å². The van der Waals surface area contributed by atoms with E-state index in [1.165, 1.54) is 12.1 Å². The Labute approximate surface area is 131 Å². The Balaban J connectivity index is 1.71. The zero-order valence-corrected chi connectivity index (χ0v) is 12.6. The third-order valence-electron chi connectivity index (χ3n) is 3.92. The van der Waals surface area contributed by atoms with E-state index in [0.717, 1.165) is 31.8 Å². The van der Waals surface area contributed by atoms with Crippen LogP contribution in [0.3, 0.4) is 0 Å². The van der Waals surface area contributed by atoms with Crippen molar-refractivity contribution >= 4 is 0 Å². The number of piperazine rings is 1. The van der Waals surface area contributed by atoms with Crippen molar-refractivity contribution in [1.29, 1.82) is 0 Å². The molecule has 2 heterocycles. The van der Waals surface area contributed by atoms with Gasteiger partial charge in [0.15, 0.2) is 0 Å². The van der Waals surface area contributed by atoms with Gasteiger partial charge in [-0.25, -0.2) is 0 Å². The second-order valence-corrected chi connectivity index (χ2v) is 5.61. The summed E-state index contributed by atoms with van der Waals surface area (Å²) in [4.78, 5) is 6.50. The van der Waals surface area contributed by atoms with Gasteiger partial charge in [-0.05, 0) is 19.1 Å². The van der Waals surface area contributed by atoms with E-state index in [-0.39, 0.29) is 0 Å². The fraction of sp³-hybridized carbons (Fsp3) is 0.467. The van der Waals surface area contributed by atoms with Crippen LogP contribution in [0.4, 0.5) is 13.2 Å². The predicted octanol–water partition coefficient (Wildman–Crippen LogP) is 2.55. The number of halogens is 3. The Hall–Kier alpha value is -1.93. The lowest BCUT2D eigenvalue weighted by molar-refractivity contribution is -0.137. The molecule has 1 atom stereocenters. The zero-order chi connectivity index (χ0) is 16.4. The van der Waals surface area contributed by atoms with Crippen LogP contribution in [0.15, 0.2) is 28.8 Å². The highest BCUT2D eigenvalue weighted by Crippen LogP contribution is 2.30. The Morgan fingerprint density at radius 3 is 2.70 bits per heavy atom. The van der Waals surface area contributed by atoms with Gasteiger partial charge in [0.25, 0.3) is 0 Å². The van der Waals surface area contributed by atoms with Gasteiger partial charge in [-0.3, -0.25) is 4.90 Å². The number of hydrogen-bond acceptors (Lipinski definition) is 5. The Kier molecular flexibility index (Phi) is 4.36. The fourth-order valence-corrected chi connectivity index (χ4v) is 2.54. The number of nitrogens with one attached hydrogen (secondary N) is 1. The lowest BCUT2D eigenvalue weighted by atomic mass is 10.1. The summed E-state index contributed by atoms with van der Waals surface area (Å²) in [5.74, 6) is 0.769. The van der Waals surface area contributed by atoms with Crippen LogP contribution in [0.1, 0.15) is 18.4 Å². The maximum absolute atomic E-state index is 12.6. The smallest absolute Gasteiger partial charge is 0.338 e. The van der Waals surface area contributed by atoms with E-state index in [0.29, 0.717) is 29.9 Å². The molecule has 1 aromatic carbocycles. The maximum atomic E-state index is 12.6. The summed E-state index contributed by atoms with van der Waals surface area (Å²) in [6, 6.07) is 5.11. The molecule has 1 aliphatic rings. The van der Waals surface area contributed by atoms with Crippen LogP contribution >= 0.6 is 0 Å². The van der Waals surface area contributed by atoms with Crippen LogP contribution in [0.5, 0.6) is 0 Å². The van der Waals surface area contributed by atoms with Crippen LogP contribution in [-0.2, 0) is 12.7 Å². The number of hydrogen-bond donors (Lipinski definition) is 1. The van der Waals surface area contributed by atoms with E-state index < -0.39 is 11.7 Å². The monoisotopic (exact) mass is 326 g/mol. The molecule has 5 nitrogen and oxygen atoms in total. The molecule has 0 bridgehead atoms. The molecule has 1 saturated heterocycles. The van der Waals surface area contributed by atoms with Crippen molar-refractivity contribution in [2.24, 2.45) is 0 Å². The highest BCUT2D eigenvalue weighted by molar-refractivity contribution is 5.54. The summed E-state index contributed by atoms with van der Waals surface area (Å²) >= 11 is 0. The number of benzene rings is 1. The van der Waals surface area contributed by atoms with Gasteiger partial charge in [-0.1, -0.05) is 17.3 Å². The lowest BCUT2D eigenvalue weighted by Crippen LogP contribution is -2.49. The molecule has 2 aromatic rings. The molecule has 0 aliphatic carbocycles. The number of alkyl halides is 3. The largest absolute Gasteiger partial charge is 0.416 e. The maximum Gasteiger partial charge on any atom is 0.416 e. The number of nitrogens with zero attached hydrogens (tertiary/aromatic N) is 3. The molecule has 0 unspecified atom stereocenters. The van der Waals surface area contributed by atoms with E-state index in [1.54, 1.807) is 0 Å². The first-order valence-corrected chi connectivity index (χ1v) is 7.38. The van der Waals surface area contributed by atoms with Crippen molar-refractivity contribution in [3.8, 4) is 11.4 Å². The van der Waals surface area contributed by atoms with Gasteiger partial charge >= 0.3 is 6.18 Å². The van der Waals surface area contributed by atoms with Crippen molar-refractivity contribution in [1.82, 2.24) is 20.4 Å². The van der Waals surface area contributed by atoms with Gasteiger partial charge in [0.05, 0.1) is 12.1 Å². The minimum atomic E-state index is -4.35. The van der Waals surface area contributed by atoms with Gasteiger partial charge in [-0.15, -0.1) is 0 Å². The molecule has 124 valence electrons. The van der Waals surface area contributed by atoms with Crippen molar-refractivity contribution < 1.29 is 17.7 Å². The quantitative estimate of drug-likeness (QED) is 0.939. The standard InChI is InChI=1S/C15H17F3N4O/c1-10-8-19-6-7-22(10)9-13-20-14(21-23-13)11-2-4-12(5-3-11)15(16,17)18/h2-5,10,19H,6-9H2,1H3/t10-/m0/s1. The molecule has 0 amide bonds. The third-order valence-corrected chi connectivity index (χ3v) is 3.92. The zero-order valence-electron chi connectivity index (χ0n) is 12.6. The lowest BCUT2D eigenvalue weighted by Gasteiger charge is -2.32. The van der Waals surface area contributed by atoms with Crippen LogP contribution < -0.4 is 5.32 Å². The predicted molar refractivity (Wildman–Crippen MR) is 77.5 cm³/mol. The Morgan fingerprint density at radius 2 is 2.04 bits per heavy atom. The van der Waals surface area contributed by atoms with Gasteiger partial charge in [0.2, 0.25) is 11.7 Å². The molecule has 1 fully saturated rings. The summed E-state index contributed by atoms with van der Waals surface area (Å²) in [6.45, 7) is 5.35. The second kappa shape index (κ2) is 6.29. The summed E-state index contributed by atoms with van der Waals surface area (Å²) in [6.07, 6.45) is -4.35. The molecule has 1 aliphatic heterocycles. The third kappa shape index (κ3) is 3.70. The van der Waals surface area contributed by atoms with Crippen LogP contribution in [0.2, 0.25) is 0 Å². The van der Waals surface area contributed by atoms with E-state index in [2.05, 4.69) is 27.3 Å². The number of rotatable bonds is 3. The van der Waals surface area contributed by atoms with Gasteiger partial charge in [-0.2, -0.15) is 18.2 Å². The van der Waals surface area contributed by atoms with Crippen molar-refractivity contribution in [3.63, 3.8) is 0 Å². The Bertz CT molecular complexity index is 653. The average Bonchev–Trinajstić information content (AvgIpc) is 2.97. The summed E-state index contributed by atoms with van der Waals surface area (Å²) in [7, 11) is 0. The molecule has 8 heteroatoms. The van der Waals surface area contributed by atoms with E-state index in [1.807, 2.05) is 0 Å². The topological polar surface area (TPSA) is 54.2 Å². The van der Waals surface area contributed by atoms with Crippen molar-refractivity contribution in [3.05, 3.63) is 35.7 Å². The molecule has 3 rings (SSSR count). The first kappa shape index (κ1) is 15.9. The molecule has 1 N–H and O–H groups in total. The van der Waals surface area contributed by atoms with Crippen LogP contribution in [0, 0.1) is 0 Å². The average molecular weight is 326 g/mol. The number of aromatic nitrogens is 2. The molecule has 0 saturated carbocycles. The van der Waals surface area contributed by atoms with Gasteiger partial charge in [0, 0.05) is 31.2 Å². The molecule has 23 heavy (non-hydrogen) atoms. The minimum absolute atomic E-state index is 0.302. The first-order valence-electron chi connectivity index (χ1n) is 7.38. The molecule has 1 aromatic heterocycles. The summed E-state index contributed by atoms with van der Waals surface area (Å²) < 4.78 is 42.9. The molecular formula is C15H17F3N4O. The highest BCUT2D eigenvalue weighted by Gasteiger charge is 2.30. The summed E-state index contributed by atoms with van der Waals surface area (Å²) in [5.41, 5.74) is -0.194. The van der Waals surface area contributed by atoms with Crippen molar-refractivity contribution in [2.75, 3.05) is 19.6 Å². The first-order chi connectivity index (χ1) is 10.9. The van der Waals surface area contributed by atoms with Crippen molar-refractivity contribution in [2.45, 2.75) is 25.7 Å². The highest BCUT2D eigenvalue weighted by atomic mass is 19.4. The molecular weight excluding hydrogens is 309 g/mol. The normalized spacial score (nSPS) is 19.9. The van der Waals surface area contributed by atoms with E-state index in [9.17, 15) is 13.2 Å². The van der Waals surface area contributed by atoms with E-state index >= 15 is 0 Å².